The average molecular weight is 404 g/mol. The highest BCUT2D eigenvalue weighted by atomic mass is 32.2. The van der Waals surface area contributed by atoms with Crippen molar-refractivity contribution in [3.05, 3.63) is 59.7 Å². The topological polar surface area (TPSA) is 108 Å². The summed E-state index contributed by atoms with van der Waals surface area (Å²) in [5.41, 5.74) is 1.71. The molecule has 7 nitrogen and oxygen atoms in total. The van der Waals surface area contributed by atoms with E-state index in [1.807, 2.05) is 13.0 Å². The highest BCUT2D eigenvalue weighted by Gasteiger charge is 2.07. The molecule has 0 spiro atoms. The van der Waals surface area contributed by atoms with E-state index in [4.69, 9.17) is 14.6 Å². The highest BCUT2D eigenvalue weighted by Crippen LogP contribution is 2.28. The van der Waals surface area contributed by atoms with Crippen molar-refractivity contribution in [2.24, 2.45) is 5.14 Å². The maximum absolute atomic E-state index is 12.0. The van der Waals surface area contributed by atoms with Crippen LogP contribution in [0.3, 0.4) is 0 Å². The standard InChI is InChI=1S/C20H24N2O5S/c1-3-27-19-14-16(6-10-18(19)26-2)7-11-20(23)22-13-12-15-4-8-17(9-5-15)28(21,24)25/h4-11,14H,3,12-13H2,1-2H3,(H,22,23)(H2,21,24,25)/b11-7+. The van der Waals surface area contributed by atoms with E-state index in [-0.39, 0.29) is 10.8 Å². The number of benzene rings is 2. The Bertz CT molecular complexity index is 938. The predicted octanol–water partition coefficient (Wildman–Crippen LogP) is 2.11. The smallest absolute Gasteiger partial charge is 0.244 e. The zero-order chi connectivity index (χ0) is 20.6. The number of carbonyl (C=O) groups excluding carboxylic acids is 1. The molecular formula is C20H24N2O5S. The Hall–Kier alpha value is -2.84. The van der Waals surface area contributed by atoms with E-state index < -0.39 is 10.0 Å². The number of hydrogen-bond acceptors (Lipinski definition) is 5. The van der Waals surface area contributed by atoms with Crippen LogP contribution in [0.15, 0.2) is 53.4 Å². The van der Waals surface area contributed by atoms with Gasteiger partial charge in [0, 0.05) is 12.6 Å². The second-order valence-corrected chi connectivity index (χ2v) is 7.47. The first-order valence-corrected chi connectivity index (χ1v) is 10.3. The van der Waals surface area contributed by atoms with Crippen LogP contribution in [-0.2, 0) is 21.2 Å². The van der Waals surface area contributed by atoms with Gasteiger partial charge in [-0.2, -0.15) is 0 Å². The number of methoxy groups -OCH3 is 1. The van der Waals surface area contributed by atoms with Crippen molar-refractivity contribution in [1.82, 2.24) is 5.32 Å². The molecule has 0 aliphatic carbocycles. The van der Waals surface area contributed by atoms with E-state index in [2.05, 4.69) is 5.32 Å². The van der Waals surface area contributed by atoms with Crippen LogP contribution in [0.2, 0.25) is 0 Å². The van der Waals surface area contributed by atoms with Crippen molar-refractivity contribution in [3.63, 3.8) is 0 Å². The summed E-state index contributed by atoms with van der Waals surface area (Å²) in [6, 6.07) is 11.7. The van der Waals surface area contributed by atoms with Gasteiger partial charge in [0.1, 0.15) is 0 Å². The van der Waals surface area contributed by atoms with Crippen molar-refractivity contribution < 1.29 is 22.7 Å². The van der Waals surface area contributed by atoms with E-state index in [1.54, 1.807) is 37.5 Å². The summed E-state index contributed by atoms with van der Waals surface area (Å²) in [5, 5.41) is 7.85. The fraction of sp³-hybridized carbons (Fsp3) is 0.250. The number of nitrogens with one attached hydrogen (secondary N) is 1. The zero-order valence-corrected chi connectivity index (χ0v) is 16.7. The van der Waals surface area contributed by atoms with E-state index >= 15 is 0 Å². The van der Waals surface area contributed by atoms with Crippen LogP contribution in [0.1, 0.15) is 18.1 Å². The van der Waals surface area contributed by atoms with Gasteiger partial charge in [-0.1, -0.05) is 18.2 Å². The van der Waals surface area contributed by atoms with Crippen LogP contribution in [0.4, 0.5) is 0 Å². The quantitative estimate of drug-likeness (QED) is 0.623. The van der Waals surface area contributed by atoms with Crippen LogP contribution in [-0.4, -0.2) is 34.6 Å². The first-order chi connectivity index (χ1) is 13.3. The highest BCUT2D eigenvalue weighted by molar-refractivity contribution is 7.89. The van der Waals surface area contributed by atoms with Crippen LogP contribution in [0.25, 0.3) is 6.08 Å². The number of rotatable bonds is 9. The Labute approximate surface area is 165 Å². The van der Waals surface area contributed by atoms with Crippen molar-refractivity contribution in [2.75, 3.05) is 20.3 Å². The van der Waals surface area contributed by atoms with Crippen LogP contribution in [0, 0.1) is 0 Å². The minimum Gasteiger partial charge on any atom is -0.493 e. The van der Waals surface area contributed by atoms with Gasteiger partial charge in [-0.25, -0.2) is 13.6 Å². The molecule has 0 saturated heterocycles. The fourth-order valence-electron chi connectivity index (χ4n) is 2.47. The van der Waals surface area contributed by atoms with Gasteiger partial charge in [0.25, 0.3) is 0 Å². The largest absolute Gasteiger partial charge is 0.493 e. The summed E-state index contributed by atoms with van der Waals surface area (Å²) in [7, 11) is -2.12. The zero-order valence-electron chi connectivity index (χ0n) is 15.8. The summed E-state index contributed by atoms with van der Waals surface area (Å²) in [4.78, 5) is 12.0. The molecule has 150 valence electrons. The van der Waals surface area contributed by atoms with Crippen LogP contribution < -0.4 is 19.9 Å². The van der Waals surface area contributed by atoms with E-state index in [0.29, 0.717) is 31.1 Å². The molecule has 0 aliphatic rings. The molecule has 0 saturated carbocycles. The summed E-state index contributed by atoms with van der Waals surface area (Å²) >= 11 is 0. The fourth-order valence-corrected chi connectivity index (χ4v) is 2.99. The molecule has 0 atom stereocenters. The van der Waals surface area contributed by atoms with Gasteiger partial charge in [0.05, 0.1) is 18.6 Å². The lowest BCUT2D eigenvalue weighted by Crippen LogP contribution is -2.23. The minimum atomic E-state index is -3.69. The molecular weight excluding hydrogens is 380 g/mol. The van der Waals surface area contributed by atoms with Crippen molar-refractivity contribution in [2.45, 2.75) is 18.2 Å². The second-order valence-electron chi connectivity index (χ2n) is 5.91. The molecule has 2 aromatic carbocycles. The third-order valence-corrected chi connectivity index (χ3v) is 4.81. The minimum absolute atomic E-state index is 0.0640. The molecule has 0 fully saturated rings. The summed E-state index contributed by atoms with van der Waals surface area (Å²) in [6.45, 7) is 2.82. The number of amides is 1. The lowest BCUT2D eigenvalue weighted by atomic mass is 10.1. The molecule has 3 N–H and O–H groups in total. The first kappa shape index (κ1) is 21.5. The van der Waals surface area contributed by atoms with Gasteiger partial charge >= 0.3 is 0 Å². The van der Waals surface area contributed by atoms with Gasteiger partial charge < -0.3 is 14.8 Å². The van der Waals surface area contributed by atoms with Gasteiger partial charge in [-0.3, -0.25) is 4.79 Å². The summed E-state index contributed by atoms with van der Waals surface area (Å²) in [6.07, 6.45) is 3.71. The number of primary sulfonamides is 1. The molecule has 0 unspecified atom stereocenters. The summed E-state index contributed by atoms with van der Waals surface area (Å²) in [5.74, 6) is 1.03. The average Bonchev–Trinajstić information content (AvgIpc) is 2.66. The molecule has 2 aromatic rings. The monoisotopic (exact) mass is 404 g/mol. The number of hydrogen-bond donors (Lipinski definition) is 2. The molecule has 0 bridgehead atoms. The van der Waals surface area contributed by atoms with Crippen molar-refractivity contribution in [1.29, 1.82) is 0 Å². The number of ether oxygens (including phenoxy) is 2. The van der Waals surface area contributed by atoms with Gasteiger partial charge in [0.2, 0.25) is 15.9 Å². The van der Waals surface area contributed by atoms with E-state index in [1.165, 1.54) is 18.2 Å². The third-order valence-electron chi connectivity index (χ3n) is 3.88. The predicted molar refractivity (Wildman–Crippen MR) is 108 cm³/mol. The van der Waals surface area contributed by atoms with Crippen molar-refractivity contribution in [3.8, 4) is 11.5 Å². The maximum Gasteiger partial charge on any atom is 0.244 e. The lowest BCUT2D eigenvalue weighted by Gasteiger charge is -2.09. The molecule has 28 heavy (non-hydrogen) atoms. The van der Waals surface area contributed by atoms with E-state index in [9.17, 15) is 13.2 Å². The van der Waals surface area contributed by atoms with Crippen molar-refractivity contribution >= 4 is 22.0 Å². The molecule has 0 aliphatic heterocycles. The molecule has 8 heteroatoms. The van der Waals surface area contributed by atoms with Gasteiger partial charge in [0.15, 0.2) is 11.5 Å². The Balaban J connectivity index is 1.87. The Kier molecular flexibility index (Phi) is 7.60. The molecule has 0 aromatic heterocycles. The number of carbonyl (C=O) groups is 1. The Morgan fingerprint density at radius 1 is 1.14 bits per heavy atom. The maximum atomic E-state index is 12.0. The van der Waals surface area contributed by atoms with E-state index in [0.717, 1.165) is 11.1 Å². The summed E-state index contributed by atoms with van der Waals surface area (Å²) < 4.78 is 33.2. The number of nitrogens with two attached hydrogens (primary N) is 1. The van der Waals surface area contributed by atoms with Crippen LogP contribution in [0.5, 0.6) is 11.5 Å². The first-order valence-electron chi connectivity index (χ1n) is 8.72. The number of sulfonamides is 1. The molecule has 2 rings (SSSR count). The molecule has 1 amide bonds. The van der Waals surface area contributed by atoms with Crippen LogP contribution >= 0.6 is 0 Å². The lowest BCUT2D eigenvalue weighted by molar-refractivity contribution is -0.116. The second kappa shape index (κ2) is 9.91. The SMILES string of the molecule is CCOc1cc(/C=C/C(=O)NCCc2ccc(S(N)(=O)=O)cc2)ccc1OC. The molecule has 0 heterocycles. The molecule has 0 radical (unpaired) electrons. The van der Waals surface area contributed by atoms with Gasteiger partial charge in [-0.05, 0) is 54.8 Å². The Morgan fingerprint density at radius 2 is 1.86 bits per heavy atom. The third kappa shape index (κ3) is 6.40. The van der Waals surface area contributed by atoms with Gasteiger partial charge in [-0.15, -0.1) is 0 Å². The normalized spacial score (nSPS) is 11.4. The Morgan fingerprint density at radius 3 is 2.46 bits per heavy atom.